The summed E-state index contributed by atoms with van der Waals surface area (Å²) >= 11 is 6.31. The van der Waals surface area contributed by atoms with E-state index in [-0.39, 0.29) is 5.97 Å². The van der Waals surface area contributed by atoms with Crippen molar-refractivity contribution in [2.75, 3.05) is 6.61 Å². The predicted octanol–water partition coefficient (Wildman–Crippen LogP) is 6.45. The normalized spacial score (nSPS) is 12.0. The van der Waals surface area contributed by atoms with Crippen molar-refractivity contribution < 1.29 is 9.53 Å². The minimum Gasteiger partial charge on any atom is -0.463 e. The lowest BCUT2D eigenvalue weighted by molar-refractivity contribution is -0.137. The van der Waals surface area contributed by atoms with Gasteiger partial charge in [-0.05, 0) is 19.4 Å². The third kappa shape index (κ3) is 17.8. The summed E-state index contributed by atoms with van der Waals surface area (Å²) < 4.78 is 5.06. The third-order valence-electron chi connectivity index (χ3n) is 3.71. The molecular weight excluding hydrogens is 312 g/mol. The molecule has 0 aliphatic carbocycles. The van der Waals surface area contributed by atoms with Gasteiger partial charge in [0.25, 0.3) is 0 Å². The largest absolute Gasteiger partial charge is 0.463 e. The number of allylic oxidation sites excluding steroid dienone is 1. The van der Waals surface area contributed by atoms with Crippen molar-refractivity contribution >= 4 is 24.4 Å². The Balaban J connectivity index is 3.13. The summed E-state index contributed by atoms with van der Waals surface area (Å²) in [6.07, 6.45) is 16.0. The van der Waals surface area contributed by atoms with Crippen LogP contribution in [-0.4, -0.2) is 20.0 Å². The number of carbonyl (C=O) groups excluding carboxylic acids is 1. The molecule has 2 nitrogen and oxygen atoms in total. The van der Waals surface area contributed by atoms with Gasteiger partial charge in [-0.1, -0.05) is 77.0 Å². The summed E-state index contributed by atoms with van der Waals surface area (Å²) in [6.45, 7) is 6.84. The van der Waals surface area contributed by atoms with Crippen LogP contribution >= 0.6 is 11.1 Å². The number of hydrogen-bond donors (Lipinski definition) is 0. The number of halogens is 1. The number of ether oxygens (including phenoxy) is 1. The van der Waals surface area contributed by atoms with Crippen molar-refractivity contribution in [3.05, 3.63) is 12.2 Å². The first-order valence-corrected chi connectivity index (χ1v) is 13.2. The summed E-state index contributed by atoms with van der Waals surface area (Å²) in [4.78, 5) is 11.1. The van der Waals surface area contributed by atoms with Crippen LogP contribution in [0.5, 0.6) is 0 Å². The maximum Gasteiger partial charge on any atom is 0.330 e. The van der Waals surface area contributed by atoms with Gasteiger partial charge in [0.15, 0.2) is 0 Å². The maximum atomic E-state index is 11.1. The molecule has 0 aromatic rings. The summed E-state index contributed by atoms with van der Waals surface area (Å²) in [5.41, 5.74) is 0. The van der Waals surface area contributed by atoms with Crippen LogP contribution in [0.3, 0.4) is 0 Å². The molecular formula is C18H35ClO2Si. The van der Waals surface area contributed by atoms with Crippen LogP contribution in [0.2, 0.25) is 19.1 Å². The number of rotatable bonds is 14. The Labute approximate surface area is 143 Å². The lowest BCUT2D eigenvalue weighted by Crippen LogP contribution is -2.14. The topological polar surface area (TPSA) is 26.3 Å². The van der Waals surface area contributed by atoms with E-state index in [1.54, 1.807) is 6.08 Å². The summed E-state index contributed by atoms with van der Waals surface area (Å²) in [7, 11) is -1.33. The summed E-state index contributed by atoms with van der Waals surface area (Å²) in [6, 6.07) is 1.26. The van der Waals surface area contributed by atoms with Crippen LogP contribution in [0.4, 0.5) is 0 Å². The Morgan fingerprint density at radius 1 is 0.909 bits per heavy atom. The molecule has 0 saturated heterocycles. The standard InChI is InChI=1S/C18H35ClO2Si/c1-4-15-18(20)21-16-13-11-9-7-5-6-8-10-12-14-17-22(2,3)19/h4,15H,5-14,16-17H2,1-3H3. The molecule has 0 saturated carbocycles. The number of unbranched alkanes of at least 4 members (excludes halogenated alkanes) is 9. The highest BCUT2D eigenvalue weighted by molar-refractivity contribution is 7.19. The Bertz CT molecular complexity index is 298. The quantitative estimate of drug-likeness (QED) is 0.119. The van der Waals surface area contributed by atoms with E-state index in [9.17, 15) is 4.79 Å². The Hall–Kier alpha value is -0.283. The van der Waals surface area contributed by atoms with Gasteiger partial charge in [-0.2, -0.15) is 11.1 Å². The zero-order chi connectivity index (χ0) is 16.7. The Morgan fingerprint density at radius 3 is 1.82 bits per heavy atom. The van der Waals surface area contributed by atoms with E-state index in [2.05, 4.69) is 13.1 Å². The molecule has 130 valence electrons. The molecule has 0 atom stereocenters. The SMILES string of the molecule is CC=CC(=O)OCCCCCCCCCCCC[Si](C)(C)Cl. The number of esters is 1. The van der Waals surface area contributed by atoms with E-state index >= 15 is 0 Å². The summed E-state index contributed by atoms with van der Waals surface area (Å²) in [5, 5.41) is 0. The lowest BCUT2D eigenvalue weighted by Gasteiger charge is -2.11. The van der Waals surface area contributed by atoms with E-state index in [0.717, 1.165) is 6.42 Å². The van der Waals surface area contributed by atoms with Crippen LogP contribution < -0.4 is 0 Å². The molecule has 0 rings (SSSR count). The molecule has 0 bridgehead atoms. The smallest absolute Gasteiger partial charge is 0.330 e. The second kappa shape index (κ2) is 14.3. The van der Waals surface area contributed by atoms with Crippen molar-refractivity contribution in [1.29, 1.82) is 0 Å². The zero-order valence-electron chi connectivity index (χ0n) is 14.8. The van der Waals surface area contributed by atoms with Crippen LogP contribution in [0.25, 0.3) is 0 Å². The minimum absolute atomic E-state index is 0.220. The fourth-order valence-corrected chi connectivity index (χ4v) is 3.91. The Kier molecular flexibility index (Phi) is 14.1. The monoisotopic (exact) mass is 346 g/mol. The van der Waals surface area contributed by atoms with E-state index in [4.69, 9.17) is 15.8 Å². The van der Waals surface area contributed by atoms with Gasteiger partial charge in [-0.15, -0.1) is 0 Å². The summed E-state index contributed by atoms with van der Waals surface area (Å²) in [5.74, 6) is -0.220. The molecule has 0 spiro atoms. The first-order valence-electron chi connectivity index (χ1n) is 8.94. The van der Waals surface area contributed by atoms with Gasteiger partial charge in [-0.25, -0.2) is 4.79 Å². The molecule has 0 unspecified atom stereocenters. The van der Waals surface area contributed by atoms with E-state index < -0.39 is 7.38 Å². The molecule has 0 aromatic carbocycles. The van der Waals surface area contributed by atoms with Gasteiger partial charge < -0.3 is 4.74 Å². The minimum atomic E-state index is -1.33. The van der Waals surface area contributed by atoms with Crippen molar-refractivity contribution in [2.24, 2.45) is 0 Å². The first kappa shape index (κ1) is 21.7. The molecule has 0 aromatic heterocycles. The average Bonchev–Trinajstić information content (AvgIpc) is 2.43. The molecule has 22 heavy (non-hydrogen) atoms. The van der Waals surface area contributed by atoms with E-state index in [1.807, 2.05) is 6.92 Å². The molecule has 0 aliphatic heterocycles. The van der Waals surface area contributed by atoms with Gasteiger partial charge >= 0.3 is 5.97 Å². The lowest BCUT2D eigenvalue weighted by atomic mass is 10.1. The molecule has 0 heterocycles. The number of hydrogen-bond acceptors (Lipinski definition) is 2. The van der Waals surface area contributed by atoms with E-state index in [0.29, 0.717) is 6.61 Å². The highest BCUT2D eigenvalue weighted by Crippen LogP contribution is 2.19. The number of carbonyl (C=O) groups is 1. The van der Waals surface area contributed by atoms with Gasteiger partial charge in [0.1, 0.15) is 7.38 Å². The van der Waals surface area contributed by atoms with Crippen molar-refractivity contribution in [1.82, 2.24) is 0 Å². The fourth-order valence-electron chi connectivity index (χ4n) is 2.42. The van der Waals surface area contributed by atoms with Crippen LogP contribution in [-0.2, 0) is 9.53 Å². The molecule has 0 amide bonds. The van der Waals surface area contributed by atoms with Crippen molar-refractivity contribution in [3.8, 4) is 0 Å². The second-order valence-electron chi connectivity index (χ2n) is 6.67. The van der Waals surface area contributed by atoms with Crippen LogP contribution in [0.1, 0.15) is 71.1 Å². The average molecular weight is 347 g/mol. The zero-order valence-corrected chi connectivity index (χ0v) is 16.6. The van der Waals surface area contributed by atoms with Crippen molar-refractivity contribution in [3.63, 3.8) is 0 Å². The molecule has 4 heteroatoms. The first-order chi connectivity index (χ1) is 10.5. The molecule has 0 N–H and O–H groups in total. The van der Waals surface area contributed by atoms with Gasteiger partial charge in [0, 0.05) is 6.08 Å². The van der Waals surface area contributed by atoms with Gasteiger partial charge in [-0.3, -0.25) is 0 Å². The fraction of sp³-hybridized carbons (Fsp3) is 0.833. The Morgan fingerprint density at radius 2 is 1.36 bits per heavy atom. The molecule has 0 radical (unpaired) electrons. The molecule has 0 fully saturated rings. The highest BCUT2D eigenvalue weighted by Gasteiger charge is 2.15. The van der Waals surface area contributed by atoms with E-state index in [1.165, 1.54) is 69.9 Å². The van der Waals surface area contributed by atoms with Gasteiger partial charge in [0.05, 0.1) is 6.61 Å². The van der Waals surface area contributed by atoms with Gasteiger partial charge in [0.2, 0.25) is 0 Å². The van der Waals surface area contributed by atoms with Crippen molar-refractivity contribution in [2.45, 2.75) is 90.3 Å². The third-order valence-corrected chi connectivity index (χ3v) is 5.82. The predicted molar refractivity (Wildman–Crippen MR) is 100 cm³/mol. The highest BCUT2D eigenvalue weighted by atomic mass is 35.6. The second-order valence-corrected chi connectivity index (χ2v) is 13.7. The molecule has 0 aliphatic rings. The van der Waals surface area contributed by atoms with Crippen LogP contribution in [0.15, 0.2) is 12.2 Å². The van der Waals surface area contributed by atoms with Crippen LogP contribution in [0, 0.1) is 0 Å². The maximum absolute atomic E-state index is 11.1.